The molecule has 27 heavy (non-hydrogen) atoms. The first-order chi connectivity index (χ1) is 13.1. The van der Waals surface area contributed by atoms with Gasteiger partial charge in [0.1, 0.15) is 5.82 Å². The van der Waals surface area contributed by atoms with Crippen LogP contribution < -0.4 is 10.9 Å². The fourth-order valence-electron chi connectivity index (χ4n) is 3.59. The summed E-state index contributed by atoms with van der Waals surface area (Å²) in [7, 11) is 0. The molecular weight excluding hydrogens is 367 g/mol. The van der Waals surface area contributed by atoms with Crippen LogP contribution in [0.15, 0.2) is 35.3 Å². The number of halogens is 1. The van der Waals surface area contributed by atoms with Gasteiger partial charge < -0.3 is 9.88 Å². The Labute approximate surface area is 159 Å². The molecule has 0 radical (unpaired) electrons. The van der Waals surface area contributed by atoms with E-state index in [1.807, 2.05) is 0 Å². The van der Waals surface area contributed by atoms with Gasteiger partial charge >= 0.3 is 0 Å². The molecule has 0 aliphatic heterocycles. The van der Waals surface area contributed by atoms with Crippen molar-refractivity contribution >= 4 is 27.7 Å². The molecule has 4 rings (SSSR count). The molecule has 2 aromatic heterocycles. The van der Waals surface area contributed by atoms with Gasteiger partial charge in [-0.2, -0.15) is 0 Å². The summed E-state index contributed by atoms with van der Waals surface area (Å²) in [4.78, 5) is 25.6. The molecule has 2 heterocycles. The monoisotopic (exact) mass is 386 g/mol. The number of benzene rings is 1. The Hall–Kier alpha value is -2.61. The molecule has 1 N–H and O–H groups in total. The second-order valence-electron chi connectivity index (χ2n) is 6.77. The number of nitrogens with zero attached hydrogens (tertiary/aromatic N) is 3. The topological polar surface area (TPSA) is 76.9 Å². The number of rotatable bonds is 4. The molecule has 1 aliphatic rings. The molecule has 1 saturated carbocycles. The van der Waals surface area contributed by atoms with Gasteiger partial charge in [-0.05, 0) is 30.4 Å². The molecule has 0 unspecified atom stereocenters. The number of pyridine rings is 1. The molecule has 1 amide bonds. The molecule has 0 saturated heterocycles. The summed E-state index contributed by atoms with van der Waals surface area (Å²) < 4.78 is 19.8. The Morgan fingerprint density at radius 1 is 1.26 bits per heavy atom. The van der Waals surface area contributed by atoms with Crippen molar-refractivity contribution in [3.63, 3.8) is 0 Å². The van der Waals surface area contributed by atoms with Crippen molar-refractivity contribution in [3.05, 3.63) is 57.8 Å². The van der Waals surface area contributed by atoms with Crippen molar-refractivity contribution in [2.24, 2.45) is 0 Å². The Bertz CT molecular complexity index is 1040. The van der Waals surface area contributed by atoms with Gasteiger partial charge in [0.25, 0.3) is 11.5 Å². The zero-order valence-corrected chi connectivity index (χ0v) is 15.5. The molecule has 0 bridgehead atoms. The SMILES string of the molecule is O=C(NCc1ccccc1F)c1cn(C2CCCCC2)c(=O)c2nnsc12. The minimum absolute atomic E-state index is 0.0712. The number of hydrogen-bond acceptors (Lipinski definition) is 5. The highest BCUT2D eigenvalue weighted by molar-refractivity contribution is 7.13. The van der Waals surface area contributed by atoms with Gasteiger partial charge in [0.15, 0.2) is 5.52 Å². The maximum absolute atomic E-state index is 13.8. The van der Waals surface area contributed by atoms with Gasteiger partial charge in [-0.1, -0.05) is 41.9 Å². The standard InChI is InChI=1S/C19H19FN4O2S/c20-15-9-5-4-6-12(15)10-21-18(25)14-11-24(13-7-2-1-3-8-13)19(26)16-17(14)27-23-22-16/h4-6,9,11,13H,1-3,7-8,10H2,(H,21,25). The number of amides is 1. The summed E-state index contributed by atoms with van der Waals surface area (Å²) in [6, 6.07) is 6.39. The number of aromatic nitrogens is 3. The summed E-state index contributed by atoms with van der Waals surface area (Å²) in [5.41, 5.74) is 0.798. The van der Waals surface area contributed by atoms with Crippen molar-refractivity contribution in [2.45, 2.75) is 44.7 Å². The summed E-state index contributed by atoms with van der Waals surface area (Å²) in [5, 5.41) is 6.69. The summed E-state index contributed by atoms with van der Waals surface area (Å²) in [6.45, 7) is 0.0712. The highest BCUT2D eigenvalue weighted by atomic mass is 32.1. The molecule has 1 aromatic carbocycles. The largest absolute Gasteiger partial charge is 0.348 e. The van der Waals surface area contributed by atoms with Gasteiger partial charge in [0.2, 0.25) is 0 Å². The van der Waals surface area contributed by atoms with Gasteiger partial charge in [-0.3, -0.25) is 9.59 Å². The van der Waals surface area contributed by atoms with E-state index in [1.165, 1.54) is 12.5 Å². The molecule has 6 nitrogen and oxygen atoms in total. The van der Waals surface area contributed by atoms with Gasteiger partial charge in [-0.25, -0.2) is 4.39 Å². The van der Waals surface area contributed by atoms with Crippen LogP contribution in [-0.2, 0) is 6.54 Å². The van der Waals surface area contributed by atoms with Crippen LogP contribution in [0.5, 0.6) is 0 Å². The highest BCUT2D eigenvalue weighted by Gasteiger charge is 2.23. The van der Waals surface area contributed by atoms with Crippen molar-refractivity contribution < 1.29 is 9.18 Å². The van der Waals surface area contributed by atoms with E-state index < -0.39 is 0 Å². The quantitative estimate of drug-likeness (QED) is 0.745. The van der Waals surface area contributed by atoms with Crippen molar-refractivity contribution in [1.29, 1.82) is 0 Å². The lowest BCUT2D eigenvalue weighted by Crippen LogP contribution is -2.30. The van der Waals surface area contributed by atoms with Crippen LogP contribution in [0.3, 0.4) is 0 Å². The lowest BCUT2D eigenvalue weighted by molar-refractivity contribution is 0.0951. The van der Waals surface area contributed by atoms with Crippen LogP contribution in [-0.4, -0.2) is 20.1 Å². The predicted octanol–water partition coefficient (Wildman–Crippen LogP) is 3.43. The van der Waals surface area contributed by atoms with E-state index in [-0.39, 0.29) is 35.4 Å². The highest BCUT2D eigenvalue weighted by Crippen LogP contribution is 2.28. The molecule has 0 spiro atoms. The van der Waals surface area contributed by atoms with Crippen LogP contribution in [0.1, 0.15) is 54.1 Å². The normalized spacial score (nSPS) is 15.1. The molecule has 8 heteroatoms. The third kappa shape index (κ3) is 3.49. The van der Waals surface area contributed by atoms with Gasteiger partial charge in [-0.15, -0.1) is 5.10 Å². The zero-order valence-electron chi connectivity index (χ0n) is 14.7. The average molecular weight is 386 g/mol. The number of carbonyl (C=O) groups excluding carboxylic acids is 1. The molecular formula is C19H19FN4O2S. The summed E-state index contributed by atoms with van der Waals surface area (Å²) >= 11 is 1.03. The van der Waals surface area contributed by atoms with Gasteiger partial charge in [0, 0.05) is 24.3 Å². The van der Waals surface area contributed by atoms with E-state index in [2.05, 4.69) is 14.9 Å². The Balaban J connectivity index is 1.67. The first-order valence-electron chi connectivity index (χ1n) is 9.04. The average Bonchev–Trinajstić information content (AvgIpc) is 3.18. The molecule has 140 valence electrons. The number of hydrogen-bond donors (Lipinski definition) is 1. The molecule has 3 aromatic rings. The second kappa shape index (κ2) is 7.56. The van der Waals surface area contributed by atoms with Crippen molar-refractivity contribution in [2.75, 3.05) is 0 Å². The number of nitrogens with one attached hydrogen (secondary N) is 1. The lowest BCUT2D eigenvalue weighted by atomic mass is 9.95. The maximum atomic E-state index is 13.8. The zero-order chi connectivity index (χ0) is 18.8. The van der Waals surface area contributed by atoms with Crippen molar-refractivity contribution in [1.82, 2.24) is 19.5 Å². The molecule has 1 aliphatic carbocycles. The second-order valence-corrected chi connectivity index (χ2v) is 7.53. The summed E-state index contributed by atoms with van der Waals surface area (Å²) in [5.74, 6) is -0.728. The summed E-state index contributed by atoms with van der Waals surface area (Å²) in [6.07, 6.45) is 6.76. The van der Waals surface area contributed by atoms with E-state index in [9.17, 15) is 14.0 Å². The Morgan fingerprint density at radius 3 is 2.81 bits per heavy atom. The van der Waals surface area contributed by atoms with Crippen molar-refractivity contribution in [3.8, 4) is 0 Å². The minimum Gasteiger partial charge on any atom is -0.348 e. The third-order valence-electron chi connectivity index (χ3n) is 5.05. The number of carbonyl (C=O) groups is 1. The van der Waals surface area contributed by atoms with Crippen LogP contribution in [0.2, 0.25) is 0 Å². The van der Waals surface area contributed by atoms with E-state index in [0.717, 1.165) is 37.2 Å². The van der Waals surface area contributed by atoms with Gasteiger partial charge in [0.05, 0.1) is 10.3 Å². The Kier molecular flexibility index (Phi) is 4.98. The minimum atomic E-state index is -0.366. The van der Waals surface area contributed by atoms with E-state index in [1.54, 1.807) is 29.0 Å². The van der Waals surface area contributed by atoms with Crippen LogP contribution in [0, 0.1) is 5.82 Å². The van der Waals surface area contributed by atoms with E-state index in [4.69, 9.17) is 0 Å². The fourth-order valence-corrected chi connectivity index (χ4v) is 4.25. The predicted molar refractivity (Wildman–Crippen MR) is 101 cm³/mol. The van der Waals surface area contributed by atoms with E-state index >= 15 is 0 Å². The first-order valence-corrected chi connectivity index (χ1v) is 9.81. The lowest BCUT2D eigenvalue weighted by Gasteiger charge is -2.24. The first kappa shape index (κ1) is 17.8. The number of fused-ring (bicyclic) bond motifs is 1. The Morgan fingerprint density at radius 2 is 2.04 bits per heavy atom. The molecule has 1 fully saturated rings. The van der Waals surface area contributed by atoms with Crippen LogP contribution in [0.4, 0.5) is 4.39 Å². The maximum Gasteiger partial charge on any atom is 0.280 e. The fraction of sp³-hybridized carbons (Fsp3) is 0.368. The van der Waals surface area contributed by atoms with E-state index in [0.29, 0.717) is 15.8 Å². The smallest absolute Gasteiger partial charge is 0.280 e. The van der Waals surface area contributed by atoms with Crippen LogP contribution in [0.25, 0.3) is 10.2 Å². The molecule has 0 atom stereocenters. The third-order valence-corrected chi connectivity index (χ3v) is 5.81. The van der Waals surface area contributed by atoms with Crippen LogP contribution >= 0.6 is 11.5 Å².